The number of benzene rings is 1. The van der Waals surface area contributed by atoms with Crippen LogP contribution in [0.4, 0.5) is 0 Å². The number of hydrogen-bond acceptors (Lipinski definition) is 5. The van der Waals surface area contributed by atoms with Crippen LogP contribution < -0.4 is 4.74 Å². The monoisotopic (exact) mass is 442 g/mol. The highest BCUT2D eigenvalue weighted by Gasteiger charge is 2.12. The fourth-order valence-electron chi connectivity index (χ4n) is 2.90. The summed E-state index contributed by atoms with van der Waals surface area (Å²) < 4.78 is 25.2. The first-order chi connectivity index (χ1) is 14.4. The Kier molecular flexibility index (Phi) is 14.1. The van der Waals surface area contributed by atoms with Crippen LogP contribution >= 0.6 is 7.82 Å². The highest BCUT2D eigenvalue weighted by Crippen LogP contribution is 2.35. The van der Waals surface area contributed by atoms with E-state index in [1.54, 1.807) is 13.2 Å². The molecule has 170 valence electrons. The average Bonchev–Trinajstić information content (AvgIpc) is 2.72. The molecule has 0 aliphatic carbocycles. The van der Waals surface area contributed by atoms with E-state index in [1.165, 1.54) is 25.3 Å². The van der Waals surface area contributed by atoms with Crippen molar-refractivity contribution in [2.24, 2.45) is 0 Å². The Morgan fingerprint density at radius 3 is 1.87 bits per heavy atom. The van der Waals surface area contributed by atoms with E-state index in [0.717, 1.165) is 49.8 Å². The lowest BCUT2D eigenvalue weighted by molar-refractivity contribution is -0.137. The number of unbranched alkanes of at least 4 members (excludes halogenated alkanes) is 9. The van der Waals surface area contributed by atoms with E-state index in [4.69, 9.17) is 19.3 Å². The van der Waals surface area contributed by atoms with Gasteiger partial charge in [0.05, 0.1) is 20.3 Å². The maximum absolute atomic E-state index is 11.7. The summed E-state index contributed by atoms with van der Waals surface area (Å²) in [5.74, 6) is 0.456. The molecule has 0 atom stereocenters. The Hall–Kier alpha value is -1.66. The number of phosphoric ester groups is 1. The van der Waals surface area contributed by atoms with Crippen molar-refractivity contribution in [3.05, 3.63) is 35.9 Å². The Balaban J connectivity index is 1.89. The van der Waals surface area contributed by atoms with Crippen LogP contribution in [-0.4, -0.2) is 36.1 Å². The molecular formula is C22H35O7P. The van der Waals surface area contributed by atoms with E-state index in [1.807, 2.05) is 24.3 Å². The minimum atomic E-state index is -4.31. The van der Waals surface area contributed by atoms with Crippen LogP contribution in [0.25, 0.3) is 6.08 Å². The average molecular weight is 442 g/mol. The van der Waals surface area contributed by atoms with Gasteiger partial charge in [-0.2, -0.15) is 0 Å². The highest BCUT2D eigenvalue weighted by atomic mass is 31.2. The second-order valence-corrected chi connectivity index (χ2v) is 8.37. The summed E-state index contributed by atoms with van der Waals surface area (Å²) in [7, 11) is -2.69. The van der Waals surface area contributed by atoms with E-state index < -0.39 is 7.82 Å². The first-order valence-electron chi connectivity index (χ1n) is 10.6. The number of hydrogen-bond donors (Lipinski definition) is 2. The smallest absolute Gasteiger partial charge is 0.469 e. The van der Waals surface area contributed by atoms with E-state index in [9.17, 15) is 9.36 Å². The van der Waals surface area contributed by atoms with Gasteiger partial charge in [-0.05, 0) is 36.6 Å². The first kappa shape index (κ1) is 26.4. The van der Waals surface area contributed by atoms with Crippen LogP contribution in [0.15, 0.2) is 30.3 Å². The number of methoxy groups -OCH3 is 1. The Morgan fingerprint density at radius 1 is 0.867 bits per heavy atom. The largest absolute Gasteiger partial charge is 0.497 e. The predicted molar refractivity (Wildman–Crippen MR) is 117 cm³/mol. The molecule has 0 bridgehead atoms. The van der Waals surface area contributed by atoms with Crippen molar-refractivity contribution in [3.63, 3.8) is 0 Å². The van der Waals surface area contributed by atoms with Gasteiger partial charge in [0, 0.05) is 6.08 Å². The van der Waals surface area contributed by atoms with Crippen molar-refractivity contribution in [2.45, 2.75) is 64.2 Å². The van der Waals surface area contributed by atoms with E-state index in [-0.39, 0.29) is 12.6 Å². The number of ether oxygens (including phenoxy) is 2. The summed E-state index contributed by atoms with van der Waals surface area (Å²) in [6.45, 7) is 0.564. The molecule has 30 heavy (non-hydrogen) atoms. The zero-order chi connectivity index (χ0) is 22.1. The van der Waals surface area contributed by atoms with Crippen LogP contribution in [0, 0.1) is 0 Å². The fourth-order valence-corrected chi connectivity index (χ4v) is 3.27. The van der Waals surface area contributed by atoms with Crippen LogP contribution in [0.1, 0.15) is 69.8 Å². The van der Waals surface area contributed by atoms with Crippen molar-refractivity contribution in [1.29, 1.82) is 0 Å². The number of rotatable bonds is 17. The molecule has 0 saturated heterocycles. The van der Waals surface area contributed by atoms with Crippen molar-refractivity contribution < 1.29 is 33.1 Å². The number of carbonyl (C=O) groups is 1. The van der Waals surface area contributed by atoms with Gasteiger partial charge in [0.2, 0.25) is 0 Å². The maximum atomic E-state index is 11.7. The molecule has 0 aliphatic heterocycles. The number of esters is 1. The minimum absolute atomic E-state index is 0.117. The molecule has 1 rings (SSSR count). The SMILES string of the molecule is COc1ccc(C=CC(=O)OCCCCCCCCCCCCOP(=O)(O)O)cc1. The number of phosphoric acid groups is 1. The second kappa shape index (κ2) is 16.1. The Morgan fingerprint density at radius 2 is 1.37 bits per heavy atom. The lowest BCUT2D eigenvalue weighted by Crippen LogP contribution is -2.02. The maximum Gasteiger partial charge on any atom is 0.469 e. The lowest BCUT2D eigenvalue weighted by atomic mass is 10.1. The Bertz CT molecular complexity index is 652. The summed E-state index contributed by atoms with van der Waals surface area (Å²) >= 11 is 0. The van der Waals surface area contributed by atoms with Crippen molar-refractivity contribution in [3.8, 4) is 5.75 Å². The molecule has 1 aromatic rings. The molecule has 8 heteroatoms. The second-order valence-electron chi connectivity index (χ2n) is 7.13. The highest BCUT2D eigenvalue weighted by molar-refractivity contribution is 7.46. The molecule has 0 amide bonds. The predicted octanol–water partition coefficient (Wildman–Crippen LogP) is 5.26. The van der Waals surface area contributed by atoms with Gasteiger partial charge in [-0.3, -0.25) is 4.52 Å². The first-order valence-corrected chi connectivity index (χ1v) is 12.1. The summed E-state index contributed by atoms with van der Waals surface area (Å²) in [5, 5.41) is 0. The molecule has 0 heterocycles. The minimum Gasteiger partial charge on any atom is -0.497 e. The molecular weight excluding hydrogens is 407 g/mol. The van der Waals surface area contributed by atoms with Gasteiger partial charge in [-0.1, -0.05) is 63.5 Å². The summed E-state index contributed by atoms with van der Waals surface area (Å²) in [6.07, 6.45) is 13.6. The van der Waals surface area contributed by atoms with Gasteiger partial charge >= 0.3 is 13.8 Å². The molecule has 0 aromatic heterocycles. The van der Waals surface area contributed by atoms with Crippen molar-refractivity contribution in [1.82, 2.24) is 0 Å². The van der Waals surface area contributed by atoms with Gasteiger partial charge in [0.25, 0.3) is 0 Å². The molecule has 0 spiro atoms. The molecule has 0 unspecified atom stereocenters. The molecule has 2 N–H and O–H groups in total. The normalized spacial score (nSPS) is 11.7. The topological polar surface area (TPSA) is 102 Å². The van der Waals surface area contributed by atoms with Gasteiger partial charge in [-0.25, -0.2) is 9.36 Å². The fraction of sp³-hybridized carbons (Fsp3) is 0.591. The van der Waals surface area contributed by atoms with E-state index in [0.29, 0.717) is 13.0 Å². The van der Waals surface area contributed by atoms with Gasteiger partial charge in [0.15, 0.2) is 0 Å². The lowest BCUT2D eigenvalue weighted by Gasteiger charge is -2.05. The van der Waals surface area contributed by atoms with E-state index in [2.05, 4.69) is 4.52 Å². The van der Waals surface area contributed by atoms with Crippen LogP contribution in [-0.2, 0) is 18.6 Å². The van der Waals surface area contributed by atoms with Crippen LogP contribution in [0.5, 0.6) is 5.75 Å². The van der Waals surface area contributed by atoms with Crippen LogP contribution in [0.3, 0.4) is 0 Å². The van der Waals surface area contributed by atoms with Gasteiger partial charge < -0.3 is 19.3 Å². The van der Waals surface area contributed by atoms with E-state index >= 15 is 0 Å². The molecule has 0 fully saturated rings. The molecule has 1 aromatic carbocycles. The summed E-state index contributed by atoms with van der Waals surface area (Å²) in [5.41, 5.74) is 0.919. The zero-order valence-electron chi connectivity index (χ0n) is 17.8. The van der Waals surface area contributed by atoms with Gasteiger partial charge in [-0.15, -0.1) is 0 Å². The molecule has 0 saturated carbocycles. The quantitative estimate of drug-likeness (QED) is 0.147. The zero-order valence-corrected chi connectivity index (χ0v) is 18.7. The Labute approximate surface area is 179 Å². The molecule has 0 aliphatic rings. The molecule has 0 radical (unpaired) electrons. The molecule has 7 nitrogen and oxygen atoms in total. The van der Waals surface area contributed by atoms with Crippen molar-refractivity contribution in [2.75, 3.05) is 20.3 Å². The van der Waals surface area contributed by atoms with Crippen LogP contribution in [0.2, 0.25) is 0 Å². The van der Waals surface area contributed by atoms with Gasteiger partial charge in [0.1, 0.15) is 5.75 Å². The third-order valence-electron chi connectivity index (χ3n) is 4.57. The van der Waals surface area contributed by atoms with Crippen molar-refractivity contribution >= 4 is 19.9 Å². The summed E-state index contributed by atoms with van der Waals surface area (Å²) in [4.78, 5) is 28.8. The summed E-state index contributed by atoms with van der Waals surface area (Å²) in [6, 6.07) is 7.44. The third-order valence-corrected chi connectivity index (χ3v) is 5.09. The third kappa shape index (κ3) is 15.2. The standard InChI is InChI=1S/C22H35O7P/c1-27-21-15-12-20(13-16-21)14-17-22(23)28-18-10-8-6-4-2-3-5-7-9-11-19-29-30(24,25)26/h12-17H,2-11,18-19H2,1H3,(H2,24,25,26). The number of carbonyl (C=O) groups excluding carboxylic acids is 1.